The summed E-state index contributed by atoms with van der Waals surface area (Å²) in [5.74, 6) is -0.603. The molecule has 2 aliphatic heterocycles. The number of aromatic nitrogens is 2. The number of amides is 1. The normalized spacial score (nSPS) is 16.0. The van der Waals surface area contributed by atoms with Gasteiger partial charge in [-0.05, 0) is 74.3 Å². The van der Waals surface area contributed by atoms with Gasteiger partial charge in [-0.1, -0.05) is 6.07 Å². The van der Waals surface area contributed by atoms with Crippen molar-refractivity contribution in [1.82, 2.24) is 25.8 Å². The van der Waals surface area contributed by atoms with E-state index in [1.165, 1.54) is 6.33 Å². The van der Waals surface area contributed by atoms with Gasteiger partial charge in [0.05, 0.1) is 16.9 Å². The van der Waals surface area contributed by atoms with Crippen LogP contribution in [0.5, 0.6) is 0 Å². The minimum absolute atomic E-state index is 0.0293. The minimum atomic E-state index is -4.55. The number of alkyl halides is 3. The molecule has 1 saturated heterocycles. The number of hydrazine groups is 2. The summed E-state index contributed by atoms with van der Waals surface area (Å²) in [4.78, 5) is 23.2. The lowest BCUT2D eigenvalue weighted by atomic mass is 10.0. The molecular weight excluding hydrogens is 483 g/mol. The molecule has 0 aliphatic carbocycles. The van der Waals surface area contributed by atoms with Crippen LogP contribution in [0.1, 0.15) is 45.5 Å². The quantitative estimate of drug-likeness (QED) is 0.452. The van der Waals surface area contributed by atoms with Gasteiger partial charge in [-0.2, -0.15) is 13.2 Å². The van der Waals surface area contributed by atoms with Crippen molar-refractivity contribution in [3.63, 3.8) is 0 Å². The molecule has 5 rings (SSSR count). The van der Waals surface area contributed by atoms with E-state index in [1.807, 2.05) is 19.2 Å². The number of hydrogen-bond acceptors (Lipinski definition) is 7. The summed E-state index contributed by atoms with van der Waals surface area (Å²) in [5, 5.41) is 4.50. The molecule has 2 aromatic carbocycles. The highest BCUT2D eigenvalue weighted by atomic mass is 19.4. The Hall–Kier alpha value is -3.96. The third kappa shape index (κ3) is 5.73. The highest BCUT2D eigenvalue weighted by Crippen LogP contribution is 2.32. The molecular formula is C26H26F3N7O. The van der Waals surface area contributed by atoms with Crippen LogP contribution in [0.25, 0.3) is 5.70 Å². The summed E-state index contributed by atoms with van der Waals surface area (Å²) in [5.41, 5.74) is 9.36. The summed E-state index contributed by atoms with van der Waals surface area (Å²) >= 11 is 0. The predicted octanol–water partition coefficient (Wildman–Crippen LogP) is 4.48. The van der Waals surface area contributed by atoms with E-state index in [9.17, 15) is 18.0 Å². The third-order valence-electron chi connectivity index (χ3n) is 6.35. The van der Waals surface area contributed by atoms with E-state index < -0.39 is 17.6 Å². The molecule has 0 unspecified atom stereocenters. The van der Waals surface area contributed by atoms with Crippen molar-refractivity contribution in [2.45, 2.75) is 32.5 Å². The highest BCUT2D eigenvalue weighted by Gasteiger charge is 2.32. The topological polar surface area (TPSA) is 85.4 Å². The van der Waals surface area contributed by atoms with Crippen molar-refractivity contribution < 1.29 is 18.0 Å². The van der Waals surface area contributed by atoms with Crippen molar-refractivity contribution in [2.24, 2.45) is 0 Å². The average Bonchev–Trinajstić information content (AvgIpc) is 3.58. The van der Waals surface area contributed by atoms with E-state index in [-0.39, 0.29) is 5.56 Å². The first kappa shape index (κ1) is 24.7. The number of nitrogens with one attached hydrogen (secondary N) is 3. The molecule has 0 radical (unpaired) electrons. The molecule has 0 bridgehead atoms. The number of benzene rings is 2. The Bertz CT molecular complexity index is 1320. The highest BCUT2D eigenvalue weighted by molar-refractivity contribution is 6.04. The van der Waals surface area contributed by atoms with Crippen LogP contribution >= 0.6 is 0 Å². The van der Waals surface area contributed by atoms with E-state index in [1.54, 1.807) is 35.6 Å². The maximum absolute atomic E-state index is 13.6. The van der Waals surface area contributed by atoms with Gasteiger partial charge in [0.25, 0.3) is 5.91 Å². The Kier molecular flexibility index (Phi) is 6.81. The monoisotopic (exact) mass is 509 g/mol. The Morgan fingerprint density at radius 2 is 1.84 bits per heavy atom. The predicted molar refractivity (Wildman–Crippen MR) is 134 cm³/mol. The molecule has 1 fully saturated rings. The second-order valence-electron chi connectivity index (χ2n) is 9.13. The molecule has 8 nitrogen and oxygen atoms in total. The van der Waals surface area contributed by atoms with E-state index in [0.29, 0.717) is 17.8 Å². The SMILES string of the molecule is Cc1ccc(NC(=O)c2cc(CN3CCCC3)cc(C(F)(F)F)c2)cc1N1C=C(c2cncnc2)NN1. The van der Waals surface area contributed by atoms with Gasteiger partial charge in [-0.15, -0.1) is 5.53 Å². The summed E-state index contributed by atoms with van der Waals surface area (Å²) in [6, 6.07) is 8.87. The van der Waals surface area contributed by atoms with Crippen LogP contribution in [0.2, 0.25) is 0 Å². The molecule has 192 valence electrons. The molecule has 0 spiro atoms. The number of anilines is 2. The van der Waals surface area contributed by atoms with Gasteiger partial charge >= 0.3 is 6.18 Å². The Morgan fingerprint density at radius 1 is 1.08 bits per heavy atom. The molecule has 0 atom stereocenters. The number of carbonyl (C=O) groups is 1. The molecule has 1 aromatic heterocycles. The molecule has 3 N–H and O–H groups in total. The largest absolute Gasteiger partial charge is 0.416 e. The minimum Gasteiger partial charge on any atom is -0.322 e. The maximum Gasteiger partial charge on any atom is 0.416 e. The number of halogens is 3. The Labute approximate surface area is 212 Å². The van der Waals surface area contributed by atoms with Gasteiger partial charge in [-0.25, -0.2) is 9.97 Å². The summed E-state index contributed by atoms with van der Waals surface area (Å²) < 4.78 is 40.8. The van der Waals surface area contributed by atoms with Gasteiger partial charge in [-0.3, -0.25) is 14.7 Å². The van der Waals surface area contributed by atoms with Crippen LogP contribution in [-0.4, -0.2) is 33.9 Å². The number of rotatable bonds is 6. The van der Waals surface area contributed by atoms with Crippen LogP contribution in [0.4, 0.5) is 24.5 Å². The molecule has 2 aliphatic rings. The fourth-order valence-corrected chi connectivity index (χ4v) is 4.46. The fraction of sp³-hybridized carbons (Fsp3) is 0.269. The van der Waals surface area contributed by atoms with Crippen LogP contribution in [0.15, 0.2) is 61.3 Å². The Balaban J connectivity index is 1.37. The molecule has 3 aromatic rings. The first-order chi connectivity index (χ1) is 17.8. The van der Waals surface area contributed by atoms with Crippen molar-refractivity contribution in [3.05, 3.63) is 89.1 Å². The molecule has 11 heteroatoms. The number of likely N-dealkylation sites (tertiary alicyclic amines) is 1. The standard InChI is InChI=1S/C26H26F3N7O/c1-17-4-5-22(11-24(17)36-15-23(33-34-36)20-12-30-16-31-13-20)32-25(37)19-8-18(14-35-6-2-3-7-35)9-21(10-19)26(27,28)29/h4-5,8-13,15-16,33-34H,2-3,6-7,14H2,1H3,(H,32,37). The number of hydrogen-bond donors (Lipinski definition) is 3. The van der Waals surface area contributed by atoms with Crippen molar-refractivity contribution >= 4 is 23.0 Å². The van der Waals surface area contributed by atoms with E-state index >= 15 is 0 Å². The van der Waals surface area contributed by atoms with Crippen molar-refractivity contribution in [3.8, 4) is 0 Å². The summed E-state index contributed by atoms with van der Waals surface area (Å²) in [6.45, 7) is 3.98. The van der Waals surface area contributed by atoms with Gasteiger partial charge < -0.3 is 10.7 Å². The van der Waals surface area contributed by atoms with Crippen LogP contribution in [0.3, 0.4) is 0 Å². The third-order valence-corrected chi connectivity index (χ3v) is 6.35. The summed E-state index contributed by atoms with van der Waals surface area (Å²) in [6.07, 6.45) is 4.12. The van der Waals surface area contributed by atoms with Crippen LogP contribution in [0, 0.1) is 6.92 Å². The number of carbonyl (C=O) groups excluding carboxylic acids is 1. The first-order valence-electron chi connectivity index (χ1n) is 11.9. The molecule has 0 saturated carbocycles. The Morgan fingerprint density at radius 3 is 2.57 bits per heavy atom. The number of nitrogens with zero attached hydrogens (tertiary/aromatic N) is 4. The zero-order valence-electron chi connectivity index (χ0n) is 20.1. The van der Waals surface area contributed by atoms with Gasteiger partial charge in [0, 0.05) is 42.0 Å². The summed E-state index contributed by atoms with van der Waals surface area (Å²) in [7, 11) is 0. The lowest BCUT2D eigenvalue weighted by Crippen LogP contribution is -2.36. The molecule has 1 amide bonds. The van der Waals surface area contributed by atoms with Crippen molar-refractivity contribution in [2.75, 3.05) is 23.4 Å². The second-order valence-corrected chi connectivity index (χ2v) is 9.13. The van der Waals surface area contributed by atoms with Crippen LogP contribution < -0.4 is 21.3 Å². The van der Waals surface area contributed by atoms with E-state index in [2.05, 4.69) is 31.1 Å². The lowest BCUT2D eigenvalue weighted by Gasteiger charge is -2.19. The van der Waals surface area contributed by atoms with Gasteiger partial charge in [0.2, 0.25) is 0 Å². The zero-order valence-corrected chi connectivity index (χ0v) is 20.1. The molecule has 3 heterocycles. The average molecular weight is 510 g/mol. The smallest absolute Gasteiger partial charge is 0.322 e. The fourth-order valence-electron chi connectivity index (χ4n) is 4.46. The zero-order chi connectivity index (χ0) is 26.0. The van der Waals surface area contributed by atoms with Crippen LogP contribution in [-0.2, 0) is 12.7 Å². The van der Waals surface area contributed by atoms with E-state index in [4.69, 9.17) is 0 Å². The number of aryl methyl sites for hydroxylation is 1. The first-order valence-corrected chi connectivity index (χ1v) is 11.9. The maximum atomic E-state index is 13.6. The van der Waals surface area contributed by atoms with E-state index in [0.717, 1.165) is 60.6 Å². The molecule has 37 heavy (non-hydrogen) atoms. The van der Waals surface area contributed by atoms with Gasteiger partial charge in [0.15, 0.2) is 0 Å². The second kappa shape index (κ2) is 10.2. The lowest BCUT2D eigenvalue weighted by molar-refractivity contribution is -0.137. The van der Waals surface area contributed by atoms with Gasteiger partial charge in [0.1, 0.15) is 6.33 Å². The van der Waals surface area contributed by atoms with Crippen molar-refractivity contribution in [1.29, 1.82) is 0 Å².